The van der Waals surface area contributed by atoms with E-state index in [0.717, 1.165) is 0 Å². The van der Waals surface area contributed by atoms with E-state index in [-0.39, 0.29) is 5.78 Å². The Labute approximate surface area is 79.2 Å². The van der Waals surface area contributed by atoms with E-state index in [4.69, 9.17) is 11.6 Å². The summed E-state index contributed by atoms with van der Waals surface area (Å²) in [6, 6.07) is 3.45. The predicted molar refractivity (Wildman–Crippen MR) is 48.0 cm³/mol. The summed E-state index contributed by atoms with van der Waals surface area (Å²) in [5.41, 5.74) is 0.509. The molecule has 66 valence electrons. The summed E-state index contributed by atoms with van der Waals surface area (Å²) < 4.78 is 1.57. The highest BCUT2D eigenvalue weighted by molar-refractivity contribution is 6.33. The Hall–Kier alpha value is -1.42. The van der Waals surface area contributed by atoms with Crippen molar-refractivity contribution < 1.29 is 4.79 Å². The fourth-order valence-electron chi connectivity index (χ4n) is 1.12. The van der Waals surface area contributed by atoms with Crippen LogP contribution in [0.4, 0.5) is 0 Å². The number of pyridine rings is 1. The molecule has 0 aromatic carbocycles. The van der Waals surface area contributed by atoms with E-state index in [1.165, 1.54) is 6.92 Å². The van der Waals surface area contributed by atoms with Crippen molar-refractivity contribution in [2.75, 3.05) is 0 Å². The Balaban J connectivity index is 2.83. The SMILES string of the molecule is CC(=O)c1nnc2c(Cl)cccn12. The topological polar surface area (TPSA) is 47.3 Å². The molecule has 4 nitrogen and oxygen atoms in total. The van der Waals surface area contributed by atoms with Crippen LogP contribution < -0.4 is 0 Å². The lowest BCUT2D eigenvalue weighted by molar-refractivity contribution is 0.100. The minimum absolute atomic E-state index is 0.130. The van der Waals surface area contributed by atoms with Crippen LogP contribution in [0.5, 0.6) is 0 Å². The Bertz CT molecular complexity index is 477. The number of hydrogen-bond acceptors (Lipinski definition) is 3. The molecule has 0 aliphatic rings. The smallest absolute Gasteiger partial charge is 0.204 e. The maximum absolute atomic E-state index is 11.1. The highest BCUT2D eigenvalue weighted by atomic mass is 35.5. The van der Waals surface area contributed by atoms with Crippen molar-refractivity contribution in [1.82, 2.24) is 14.6 Å². The van der Waals surface area contributed by atoms with Crippen LogP contribution in [0.3, 0.4) is 0 Å². The molecule has 0 spiro atoms. The number of carbonyl (C=O) groups excluding carboxylic acids is 1. The van der Waals surface area contributed by atoms with E-state index in [2.05, 4.69) is 10.2 Å². The maximum Gasteiger partial charge on any atom is 0.204 e. The molecule has 2 aromatic heterocycles. The lowest BCUT2D eigenvalue weighted by Gasteiger charge is -1.95. The lowest BCUT2D eigenvalue weighted by Crippen LogP contribution is -1.99. The molecule has 0 saturated carbocycles. The highest BCUT2D eigenvalue weighted by Gasteiger charge is 2.10. The van der Waals surface area contributed by atoms with Crippen molar-refractivity contribution in [3.8, 4) is 0 Å². The summed E-state index contributed by atoms with van der Waals surface area (Å²) in [4.78, 5) is 11.1. The number of halogens is 1. The van der Waals surface area contributed by atoms with Gasteiger partial charge in [0.15, 0.2) is 11.4 Å². The molecule has 0 unspecified atom stereocenters. The van der Waals surface area contributed by atoms with E-state index in [0.29, 0.717) is 16.5 Å². The van der Waals surface area contributed by atoms with Crippen LogP contribution >= 0.6 is 11.6 Å². The first-order chi connectivity index (χ1) is 6.20. The van der Waals surface area contributed by atoms with E-state index in [1.54, 1.807) is 22.7 Å². The first kappa shape index (κ1) is 8.19. The van der Waals surface area contributed by atoms with Gasteiger partial charge in [0.2, 0.25) is 5.82 Å². The van der Waals surface area contributed by atoms with E-state index in [9.17, 15) is 4.79 Å². The van der Waals surface area contributed by atoms with Crippen molar-refractivity contribution in [3.63, 3.8) is 0 Å². The Morgan fingerprint density at radius 2 is 2.31 bits per heavy atom. The second-order valence-corrected chi connectivity index (χ2v) is 3.04. The molecule has 0 radical (unpaired) electrons. The third-order valence-electron chi connectivity index (χ3n) is 1.70. The summed E-state index contributed by atoms with van der Waals surface area (Å²) in [5.74, 6) is 0.173. The molecule has 0 atom stereocenters. The number of nitrogens with zero attached hydrogens (tertiary/aromatic N) is 3. The Morgan fingerprint density at radius 3 is 3.00 bits per heavy atom. The van der Waals surface area contributed by atoms with Crippen molar-refractivity contribution in [2.45, 2.75) is 6.92 Å². The van der Waals surface area contributed by atoms with Crippen molar-refractivity contribution in [3.05, 3.63) is 29.2 Å². The standard InChI is InChI=1S/C8H6ClN3O/c1-5(13)7-10-11-8-6(9)3-2-4-12(7)8/h2-4H,1H3. The first-order valence-electron chi connectivity index (χ1n) is 3.70. The average Bonchev–Trinajstić information content (AvgIpc) is 2.48. The number of carbonyl (C=O) groups is 1. The quantitative estimate of drug-likeness (QED) is 0.650. The summed E-state index contributed by atoms with van der Waals surface area (Å²) >= 11 is 5.84. The zero-order valence-electron chi connectivity index (χ0n) is 6.86. The largest absolute Gasteiger partial charge is 0.291 e. The summed E-state index contributed by atoms with van der Waals surface area (Å²) in [6.07, 6.45) is 1.71. The average molecular weight is 196 g/mol. The van der Waals surface area contributed by atoms with Crippen molar-refractivity contribution in [2.24, 2.45) is 0 Å². The molecule has 0 bridgehead atoms. The molecular weight excluding hydrogens is 190 g/mol. The van der Waals surface area contributed by atoms with E-state index >= 15 is 0 Å². The number of rotatable bonds is 1. The van der Waals surface area contributed by atoms with Crippen LogP contribution in [-0.4, -0.2) is 20.4 Å². The van der Waals surface area contributed by atoms with Gasteiger partial charge in [-0.15, -0.1) is 10.2 Å². The molecule has 0 aliphatic heterocycles. The molecular formula is C8H6ClN3O. The van der Waals surface area contributed by atoms with Crippen LogP contribution in [0.2, 0.25) is 5.02 Å². The molecule has 2 rings (SSSR count). The Morgan fingerprint density at radius 1 is 1.54 bits per heavy atom. The summed E-state index contributed by atoms with van der Waals surface area (Å²) in [7, 11) is 0. The van der Waals surface area contributed by atoms with Crippen molar-refractivity contribution >= 4 is 23.0 Å². The third-order valence-corrected chi connectivity index (χ3v) is 2.00. The van der Waals surface area contributed by atoms with Gasteiger partial charge in [0.1, 0.15) is 0 Å². The number of Topliss-reactive ketones (excluding diaryl/α,β-unsaturated/α-hetero) is 1. The Kier molecular flexibility index (Phi) is 1.77. The first-order valence-corrected chi connectivity index (χ1v) is 4.08. The molecule has 5 heteroatoms. The number of fused-ring (bicyclic) bond motifs is 1. The number of hydrogen-bond donors (Lipinski definition) is 0. The van der Waals surface area contributed by atoms with Crippen molar-refractivity contribution in [1.29, 1.82) is 0 Å². The second-order valence-electron chi connectivity index (χ2n) is 2.63. The molecule has 0 N–H and O–H groups in total. The van der Waals surface area contributed by atoms with Crippen LogP contribution in [0, 0.1) is 0 Å². The molecule has 0 aliphatic carbocycles. The number of ketones is 1. The normalized spacial score (nSPS) is 10.6. The van der Waals surface area contributed by atoms with Gasteiger partial charge in [0, 0.05) is 13.1 Å². The fraction of sp³-hybridized carbons (Fsp3) is 0.125. The summed E-state index contributed by atoms with van der Waals surface area (Å²) in [5, 5.41) is 8.02. The number of aromatic nitrogens is 3. The molecule has 2 heterocycles. The van der Waals surface area contributed by atoms with Gasteiger partial charge >= 0.3 is 0 Å². The molecule has 13 heavy (non-hydrogen) atoms. The fourth-order valence-corrected chi connectivity index (χ4v) is 1.33. The monoisotopic (exact) mass is 195 g/mol. The van der Waals surface area contributed by atoms with Crippen LogP contribution in [0.15, 0.2) is 18.3 Å². The zero-order chi connectivity index (χ0) is 9.42. The lowest BCUT2D eigenvalue weighted by atomic mass is 10.4. The van der Waals surface area contributed by atoms with E-state index < -0.39 is 0 Å². The van der Waals surface area contributed by atoms with Crippen LogP contribution in [-0.2, 0) is 0 Å². The van der Waals surface area contributed by atoms with Crippen LogP contribution in [0.1, 0.15) is 17.5 Å². The van der Waals surface area contributed by atoms with E-state index in [1.807, 2.05) is 0 Å². The van der Waals surface area contributed by atoms with Gasteiger partial charge < -0.3 is 0 Å². The second kappa shape index (κ2) is 2.81. The summed E-state index contributed by atoms with van der Waals surface area (Å²) in [6.45, 7) is 1.44. The predicted octanol–water partition coefficient (Wildman–Crippen LogP) is 1.59. The molecule has 0 amide bonds. The minimum Gasteiger partial charge on any atom is -0.291 e. The van der Waals surface area contributed by atoms with Gasteiger partial charge in [-0.2, -0.15) is 0 Å². The third kappa shape index (κ3) is 1.19. The van der Waals surface area contributed by atoms with Gasteiger partial charge in [-0.05, 0) is 12.1 Å². The zero-order valence-corrected chi connectivity index (χ0v) is 7.62. The highest BCUT2D eigenvalue weighted by Crippen LogP contribution is 2.15. The van der Waals surface area contributed by atoms with Gasteiger partial charge in [0.25, 0.3) is 0 Å². The van der Waals surface area contributed by atoms with Gasteiger partial charge in [-0.1, -0.05) is 11.6 Å². The minimum atomic E-state index is -0.130. The molecule has 0 fully saturated rings. The van der Waals surface area contributed by atoms with Gasteiger partial charge in [0.05, 0.1) is 5.02 Å². The van der Waals surface area contributed by atoms with Crippen LogP contribution in [0.25, 0.3) is 5.65 Å². The van der Waals surface area contributed by atoms with Gasteiger partial charge in [-0.3, -0.25) is 9.20 Å². The maximum atomic E-state index is 11.1. The van der Waals surface area contributed by atoms with Gasteiger partial charge in [-0.25, -0.2) is 0 Å². The molecule has 0 saturated heterocycles. The molecule has 2 aromatic rings.